The lowest BCUT2D eigenvalue weighted by atomic mass is 10.0. The smallest absolute Gasteiger partial charge is 0.354 e. The highest BCUT2D eigenvalue weighted by molar-refractivity contribution is 7.12. The molecule has 0 atom stereocenters. The zero-order valence-electron chi connectivity index (χ0n) is 16.9. The van der Waals surface area contributed by atoms with Crippen molar-refractivity contribution in [1.82, 2.24) is 9.47 Å². The minimum atomic E-state index is -0.492. The Morgan fingerprint density at radius 3 is 2.50 bits per heavy atom. The van der Waals surface area contributed by atoms with Gasteiger partial charge in [-0.2, -0.15) is 0 Å². The van der Waals surface area contributed by atoms with Crippen molar-refractivity contribution < 1.29 is 23.9 Å². The van der Waals surface area contributed by atoms with Crippen LogP contribution in [0.2, 0.25) is 0 Å². The maximum absolute atomic E-state index is 13.1. The summed E-state index contributed by atoms with van der Waals surface area (Å²) in [4.78, 5) is 40.1. The Kier molecular flexibility index (Phi) is 7.53. The summed E-state index contributed by atoms with van der Waals surface area (Å²) in [5.74, 6) is -0.879. The Balaban J connectivity index is 2.30. The molecule has 7 nitrogen and oxygen atoms in total. The second kappa shape index (κ2) is 9.66. The molecular formula is C20H26N2O5S. The van der Waals surface area contributed by atoms with Gasteiger partial charge in [-0.1, -0.05) is 6.07 Å². The van der Waals surface area contributed by atoms with Crippen molar-refractivity contribution in [2.24, 2.45) is 7.05 Å². The number of rotatable bonds is 9. The van der Waals surface area contributed by atoms with Crippen LogP contribution in [-0.4, -0.2) is 61.0 Å². The lowest BCUT2D eigenvalue weighted by molar-refractivity contribution is 0.0588. The predicted molar refractivity (Wildman–Crippen MR) is 107 cm³/mol. The number of aromatic nitrogens is 1. The number of carbonyl (C=O) groups excluding carboxylic acids is 3. The van der Waals surface area contributed by atoms with Gasteiger partial charge in [0.05, 0.1) is 18.5 Å². The first-order valence-electron chi connectivity index (χ1n) is 8.92. The average Bonchev–Trinajstić information content (AvgIpc) is 3.27. The van der Waals surface area contributed by atoms with E-state index in [0.29, 0.717) is 47.0 Å². The van der Waals surface area contributed by atoms with E-state index in [1.165, 1.54) is 23.3 Å². The second-order valence-electron chi connectivity index (χ2n) is 6.46. The Bertz CT molecular complexity index is 855. The van der Waals surface area contributed by atoms with Gasteiger partial charge in [-0.25, -0.2) is 4.79 Å². The number of amides is 1. The van der Waals surface area contributed by atoms with Gasteiger partial charge in [0.1, 0.15) is 5.69 Å². The SMILES string of the molecule is COCCCN(CC(=O)c1c(C)c(C(=O)OC)n(C)c1C)C(=O)c1cccs1. The molecule has 2 aromatic heterocycles. The first kappa shape index (κ1) is 21.8. The number of methoxy groups -OCH3 is 2. The lowest BCUT2D eigenvalue weighted by Crippen LogP contribution is -2.36. The van der Waals surface area contributed by atoms with Crippen LogP contribution in [0.3, 0.4) is 0 Å². The van der Waals surface area contributed by atoms with Crippen molar-refractivity contribution in [3.05, 3.63) is 44.9 Å². The molecule has 0 aromatic carbocycles. The quantitative estimate of drug-likeness (QED) is 0.364. The predicted octanol–water partition coefficient (Wildman–Crippen LogP) is 2.85. The van der Waals surface area contributed by atoms with E-state index in [9.17, 15) is 14.4 Å². The van der Waals surface area contributed by atoms with Gasteiger partial charge in [0.25, 0.3) is 5.91 Å². The normalized spacial score (nSPS) is 10.8. The summed E-state index contributed by atoms with van der Waals surface area (Å²) in [7, 11) is 4.63. The molecule has 2 heterocycles. The highest BCUT2D eigenvalue weighted by Gasteiger charge is 2.27. The number of nitrogens with zero attached hydrogens (tertiary/aromatic N) is 2. The van der Waals surface area contributed by atoms with Crippen molar-refractivity contribution in [1.29, 1.82) is 0 Å². The van der Waals surface area contributed by atoms with Crippen LogP contribution in [0, 0.1) is 13.8 Å². The van der Waals surface area contributed by atoms with E-state index < -0.39 is 5.97 Å². The van der Waals surface area contributed by atoms with E-state index in [4.69, 9.17) is 9.47 Å². The summed E-state index contributed by atoms with van der Waals surface area (Å²) < 4.78 is 11.6. The van der Waals surface area contributed by atoms with E-state index in [-0.39, 0.29) is 18.2 Å². The third kappa shape index (κ3) is 4.51. The Morgan fingerprint density at radius 1 is 1.21 bits per heavy atom. The van der Waals surface area contributed by atoms with E-state index >= 15 is 0 Å². The maximum Gasteiger partial charge on any atom is 0.354 e. The van der Waals surface area contributed by atoms with E-state index in [0.717, 1.165) is 0 Å². The molecule has 152 valence electrons. The topological polar surface area (TPSA) is 77.8 Å². The fourth-order valence-electron chi connectivity index (χ4n) is 3.23. The van der Waals surface area contributed by atoms with E-state index in [2.05, 4.69) is 0 Å². The molecule has 28 heavy (non-hydrogen) atoms. The van der Waals surface area contributed by atoms with E-state index in [1.54, 1.807) is 44.7 Å². The van der Waals surface area contributed by atoms with Crippen LogP contribution in [0.1, 0.15) is 48.2 Å². The minimum Gasteiger partial charge on any atom is -0.464 e. The molecule has 2 aromatic rings. The number of hydrogen-bond donors (Lipinski definition) is 0. The van der Waals surface area contributed by atoms with Gasteiger partial charge >= 0.3 is 5.97 Å². The number of hydrogen-bond acceptors (Lipinski definition) is 6. The monoisotopic (exact) mass is 406 g/mol. The molecule has 0 aliphatic rings. The van der Waals surface area contributed by atoms with Gasteiger partial charge in [-0.15, -0.1) is 11.3 Å². The molecular weight excluding hydrogens is 380 g/mol. The molecule has 0 saturated heterocycles. The van der Waals surface area contributed by atoms with Crippen molar-refractivity contribution in [3.63, 3.8) is 0 Å². The molecule has 0 unspecified atom stereocenters. The summed E-state index contributed by atoms with van der Waals surface area (Å²) in [6, 6.07) is 3.55. The summed E-state index contributed by atoms with van der Waals surface area (Å²) in [6.45, 7) is 4.35. The summed E-state index contributed by atoms with van der Waals surface area (Å²) in [6.07, 6.45) is 0.626. The average molecular weight is 407 g/mol. The van der Waals surface area contributed by atoms with Crippen LogP contribution < -0.4 is 0 Å². The lowest BCUT2D eigenvalue weighted by Gasteiger charge is -2.21. The Labute approximate surface area is 168 Å². The van der Waals surface area contributed by atoms with Gasteiger partial charge in [-0.3, -0.25) is 9.59 Å². The fourth-order valence-corrected chi connectivity index (χ4v) is 3.93. The molecule has 2 rings (SSSR count). The van der Waals surface area contributed by atoms with Crippen LogP contribution in [-0.2, 0) is 16.5 Å². The van der Waals surface area contributed by atoms with Crippen molar-refractivity contribution in [2.45, 2.75) is 20.3 Å². The van der Waals surface area contributed by atoms with Crippen molar-refractivity contribution in [3.8, 4) is 0 Å². The zero-order chi connectivity index (χ0) is 20.8. The third-order valence-electron chi connectivity index (χ3n) is 4.72. The third-order valence-corrected chi connectivity index (χ3v) is 5.58. The van der Waals surface area contributed by atoms with Gasteiger partial charge in [-0.05, 0) is 37.3 Å². The number of carbonyl (C=O) groups is 3. The number of thiophene rings is 1. The van der Waals surface area contributed by atoms with Gasteiger partial charge in [0.15, 0.2) is 5.78 Å². The Hall–Kier alpha value is -2.45. The molecule has 8 heteroatoms. The highest BCUT2D eigenvalue weighted by Crippen LogP contribution is 2.23. The zero-order valence-corrected chi connectivity index (χ0v) is 17.7. The summed E-state index contributed by atoms with van der Waals surface area (Å²) >= 11 is 1.34. The van der Waals surface area contributed by atoms with E-state index in [1.807, 2.05) is 5.38 Å². The van der Waals surface area contributed by atoms with Gasteiger partial charge < -0.3 is 18.9 Å². The molecule has 0 radical (unpaired) electrons. The highest BCUT2D eigenvalue weighted by atomic mass is 32.1. The van der Waals surface area contributed by atoms with Crippen molar-refractivity contribution >= 4 is 29.0 Å². The van der Waals surface area contributed by atoms with Crippen LogP contribution in [0.25, 0.3) is 0 Å². The van der Waals surface area contributed by atoms with Crippen molar-refractivity contribution in [2.75, 3.05) is 33.9 Å². The van der Waals surface area contributed by atoms with Gasteiger partial charge in [0.2, 0.25) is 0 Å². The first-order chi connectivity index (χ1) is 13.3. The molecule has 0 fully saturated rings. The molecule has 0 N–H and O–H groups in total. The molecule has 0 bridgehead atoms. The first-order valence-corrected chi connectivity index (χ1v) is 9.80. The number of ether oxygens (including phenoxy) is 2. The molecule has 0 saturated carbocycles. The van der Waals surface area contributed by atoms with Crippen LogP contribution >= 0.6 is 11.3 Å². The second-order valence-corrected chi connectivity index (χ2v) is 7.41. The standard InChI is InChI=1S/C20H26N2O5S/c1-13-17(14(2)21(3)18(13)20(25)27-5)15(23)12-22(9-7-10-26-4)19(24)16-8-6-11-28-16/h6,8,11H,7,9-10,12H2,1-5H3. The molecule has 0 aliphatic carbocycles. The van der Waals surface area contributed by atoms with Crippen LogP contribution in [0.5, 0.6) is 0 Å². The molecule has 1 amide bonds. The number of ketones is 1. The Morgan fingerprint density at radius 2 is 1.93 bits per heavy atom. The van der Waals surface area contributed by atoms with Crippen LogP contribution in [0.15, 0.2) is 17.5 Å². The molecule has 0 spiro atoms. The van der Waals surface area contributed by atoms with Crippen LogP contribution in [0.4, 0.5) is 0 Å². The largest absolute Gasteiger partial charge is 0.464 e. The molecule has 0 aliphatic heterocycles. The summed E-state index contributed by atoms with van der Waals surface area (Å²) in [5, 5.41) is 1.83. The van der Waals surface area contributed by atoms with Gasteiger partial charge in [0, 0.05) is 38.6 Å². The number of Topliss-reactive ketones (excluding diaryl/α,β-unsaturated/α-hetero) is 1. The summed E-state index contributed by atoms with van der Waals surface area (Å²) in [5.41, 5.74) is 2.04. The minimum absolute atomic E-state index is 0.0627. The number of esters is 1. The maximum atomic E-state index is 13.1. The fraction of sp³-hybridized carbons (Fsp3) is 0.450.